The third kappa shape index (κ3) is 2.95. The van der Waals surface area contributed by atoms with Gasteiger partial charge in [-0.05, 0) is 12.8 Å². The molecule has 3 atom stereocenters. The molecular formula is C11H20N2O3. The van der Waals surface area contributed by atoms with Crippen LogP contribution in [0.15, 0.2) is 0 Å². The molecule has 2 N–H and O–H groups in total. The molecule has 0 spiro atoms. The van der Waals surface area contributed by atoms with E-state index in [9.17, 15) is 9.59 Å². The fourth-order valence-electron chi connectivity index (χ4n) is 2.03. The predicted molar refractivity (Wildman–Crippen MR) is 59.8 cm³/mol. The van der Waals surface area contributed by atoms with E-state index >= 15 is 0 Å². The van der Waals surface area contributed by atoms with Crippen LogP contribution in [0.1, 0.15) is 27.2 Å². The van der Waals surface area contributed by atoms with Crippen molar-refractivity contribution < 1.29 is 14.3 Å². The summed E-state index contributed by atoms with van der Waals surface area (Å²) in [5, 5.41) is 6.05. The molecule has 1 saturated heterocycles. The van der Waals surface area contributed by atoms with E-state index in [4.69, 9.17) is 0 Å². The normalized spacial score (nSPS) is 26.7. The number of methoxy groups -OCH3 is 1. The highest BCUT2D eigenvalue weighted by atomic mass is 16.5. The number of carbonyl (C=O) groups is 2. The second-order valence-electron chi connectivity index (χ2n) is 4.56. The maximum Gasteiger partial charge on any atom is 0.322 e. The van der Waals surface area contributed by atoms with Crippen molar-refractivity contribution in [3.8, 4) is 0 Å². The SMILES string of the molecule is COC(=O)[C@H](C)N[C@H]1CC(=O)N[C@H]1C(C)C. The maximum atomic E-state index is 11.3. The van der Waals surface area contributed by atoms with E-state index in [1.54, 1.807) is 6.92 Å². The molecular weight excluding hydrogens is 208 g/mol. The topological polar surface area (TPSA) is 67.4 Å². The second-order valence-corrected chi connectivity index (χ2v) is 4.56. The molecule has 92 valence electrons. The first kappa shape index (κ1) is 13.0. The van der Waals surface area contributed by atoms with Gasteiger partial charge in [-0.3, -0.25) is 14.9 Å². The standard InChI is InChI=1S/C11H20N2O3/c1-6(2)10-8(5-9(14)13-10)12-7(3)11(15)16-4/h6-8,10,12H,5H2,1-4H3,(H,13,14)/t7-,8-,10-/m0/s1. The summed E-state index contributed by atoms with van der Waals surface area (Å²) < 4.78 is 4.64. The molecule has 1 heterocycles. The van der Waals surface area contributed by atoms with Gasteiger partial charge in [-0.15, -0.1) is 0 Å². The van der Waals surface area contributed by atoms with Gasteiger partial charge in [0, 0.05) is 18.5 Å². The predicted octanol–water partition coefficient (Wildman–Crippen LogP) is 0.0506. The highest BCUT2D eigenvalue weighted by molar-refractivity contribution is 5.80. The number of carbonyl (C=O) groups excluding carboxylic acids is 2. The van der Waals surface area contributed by atoms with Crippen LogP contribution in [0.25, 0.3) is 0 Å². The molecule has 5 nitrogen and oxygen atoms in total. The van der Waals surface area contributed by atoms with Gasteiger partial charge in [0.25, 0.3) is 0 Å². The van der Waals surface area contributed by atoms with Gasteiger partial charge in [-0.2, -0.15) is 0 Å². The van der Waals surface area contributed by atoms with Crippen molar-refractivity contribution in [2.75, 3.05) is 7.11 Å². The van der Waals surface area contributed by atoms with Crippen LogP contribution in [0.4, 0.5) is 0 Å². The lowest BCUT2D eigenvalue weighted by atomic mass is 9.97. The molecule has 1 fully saturated rings. The number of ether oxygens (including phenoxy) is 1. The first-order valence-electron chi connectivity index (χ1n) is 5.59. The number of amides is 1. The van der Waals surface area contributed by atoms with Gasteiger partial charge in [0.15, 0.2) is 0 Å². The van der Waals surface area contributed by atoms with Crippen LogP contribution in [-0.4, -0.2) is 37.1 Å². The summed E-state index contributed by atoms with van der Waals surface area (Å²) in [6, 6.07) is -0.301. The van der Waals surface area contributed by atoms with E-state index in [1.165, 1.54) is 7.11 Å². The molecule has 1 aliphatic heterocycles. The van der Waals surface area contributed by atoms with Crippen LogP contribution < -0.4 is 10.6 Å². The van der Waals surface area contributed by atoms with E-state index in [0.29, 0.717) is 12.3 Å². The van der Waals surface area contributed by atoms with Crippen LogP contribution >= 0.6 is 0 Å². The zero-order valence-corrected chi connectivity index (χ0v) is 10.2. The average molecular weight is 228 g/mol. The summed E-state index contributed by atoms with van der Waals surface area (Å²) in [6.45, 7) is 5.84. The molecule has 1 rings (SSSR count). The Morgan fingerprint density at radius 1 is 1.50 bits per heavy atom. The van der Waals surface area contributed by atoms with E-state index in [1.807, 2.05) is 13.8 Å². The minimum atomic E-state index is -0.385. The Balaban J connectivity index is 2.58. The third-order valence-electron chi connectivity index (χ3n) is 2.90. The molecule has 0 aliphatic carbocycles. The van der Waals surface area contributed by atoms with Crippen LogP contribution in [0.2, 0.25) is 0 Å². The molecule has 0 saturated carbocycles. The largest absolute Gasteiger partial charge is 0.468 e. The highest BCUT2D eigenvalue weighted by Gasteiger charge is 2.35. The Labute approximate surface area is 95.9 Å². The fourth-order valence-corrected chi connectivity index (χ4v) is 2.03. The van der Waals surface area contributed by atoms with Gasteiger partial charge in [0.2, 0.25) is 5.91 Å². The number of esters is 1. The van der Waals surface area contributed by atoms with Gasteiger partial charge >= 0.3 is 5.97 Å². The van der Waals surface area contributed by atoms with Gasteiger partial charge in [0.05, 0.1) is 7.11 Å². The second kappa shape index (κ2) is 5.30. The monoisotopic (exact) mass is 228 g/mol. The minimum Gasteiger partial charge on any atom is -0.468 e. The summed E-state index contributed by atoms with van der Waals surface area (Å²) in [5.41, 5.74) is 0. The molecule has 0 radical (unpaired) electrons. The lowest BCUT2D eigenvalue weighted by Crippen LogP contribution is -2.49. The van der Waals surface area contributed by atoms with Crippen LogP contribution in [0.3, 0.4) is 0 Å². The average Bonchev–Trinajstić information content (AvgIpc) is 2.58. The smallest absolute Gasteiger partial charge is 0.322 e. The van der Waals surface area contributed by atoms with E-state index in [0.717, 1.165) is 0 Å². The molecule has 1 aliphatic rings. The van der Waals surface area contributed by atoms with E-state index in [-0.39, 0.29) is 30.0 Å². The zero-order chi connectivity index (χ0) is 12.3. The molecule has 0 bridgehead atoms. The number of rotatable bonds is 4. The quantitative estimate of drug-likeness (QED) is 0.667. The van der Waals surface area contributed by atoms with Gasteiger partial charge in [-0.25, -0.2) is 0 Å². The van der Waals surface area contributed by atoms with Gasteiger partial charge in [0.1, 0.15) is 6.04 Å². The Morgan fingerprint density at radius 2 is 2.12 bits per heavy atom. The van der Waals surface area contributed by atoms with Gasteiger partial charge in [-0.1, -0.05) is 13.8 Å². The van der Waals surface area contributed by atoms with Crippen LogP contribution in [-0.2, 0) is 14.3 Å². The first-order chi connectivity index (χ1) is 7.45. The molecule has 1 amide bonds. The van der Waals surface area contributed by atoms with Crippen molar-refractivity contribution in [1.82, 2.24) is 10.6 Å². The van der Waals surface area contributed by atoms with Crippen molar-refractivity contribution in [3.05, 3.63) is 0 Å². The molecule has 16 heavy (non-hydrogen) atoms. The van der Waals surface area contributed by atoms with E-state index in [2.05, 4.69) is 15.4 Å². The Hall–Kier alpha value is -1.10. The lowest BCUT2D eigenvalue weighted by Gasteiger charge is -2.25. The van der Waals surface area contributed by atoms with Crippen molar-refractivity contribution >= 4 is 11.9 Å². The number of nitrogens with one attached hydrogen (secondary N) is 2. The van der Waals surface area contributed by atoms with E-state index < -0.39 is 0 Å². The first-order valence-corrected chi connectivity index (χ1v) is 5.59. The Bertz CT molecular complexity index is 278. The van der Waals surface area contributed by atoms with Crippen molar-refractivity contribution in [3.63, 3.8) is 0 Å². The number of hydrogen-bond acceptors (Lipinski definition) is 4. The lowest BCUT2D eigenvalue weighted by molar-refractivity contribution is -0.143. The van der Waals surface area contributed by atoms with Gasteiger partial charge < -0.3 is 10.1 Å². The molecule has 0 aromatic rings. The summed E-state index contributed by atoms with van der Waals surface area (Å²) in [6.07, 6.45) is 0.421. The third-order valence-corrected chi connectivity index (χ3v) is 2.90. The highest BCUT2D eigenvalue weighted by Crippen LogP contribution is 2.16. The summed E-state index contributed by atoms with van der Waals surface area (Å²) in [5.74, 6) is 0.0731. The zero-order valence-electron chi connectivity index (χ0n) is 10.2. The fraction of sp³-hybridized carbons (Fsp3) is 0.818. The summed E-state index contributed by atoms with van der Waals surface area (Å²) in [4.78, 5) is 22.6. The van der Waals surface area contributed by atoms with Crippen molar-refractivity contribution in [2.24, 2.45) is 5.92 Å². The van der Waals surface area contributed by atoms with Crippen molar-refractivity contribution in [2.45, 2.75) is 45.3 Å². The minimum absolute atomic E-state index is 0.00148. The molecule has 0 aromatic heterocycles. The van der Waals surface area contributed by atoms with Crippen molar-refractivity contribution in [1.29, 1.82) is 0 Å². The molecule has 0 aromatic carbocycles. The van der Waals surface area contributed by atoms with Crippen LogP contribution in [0, 0.1) is 5.92 Å². The Kier molecular flexibility index (Phi) is 4.29. The maximum absolute atomic E-state index is 11.3. The number of hydrogen-bond donors (Lipinski definition) is 2. The molecule has 0 unspecified atom stereocenters. The summed E-state index contributed by atoms with van der Waals surface area (Å²) in [7, 11) is 1.36. The molecule has 5 heteroatoms. The summed E-state index contributed by atoms with van der Waals surface area (Å²) >= 11 is 0. The Morgan fingerprint density at radius 3 is 2.62 bits per heavy atom. The van der Waals surface area contributed by atoms with Crippen LogP contribution in [0.5, 0.6) is 0 Å².